The maximum absolute atomic E-state index is 14.1. The van der Waals surface area contributed by atoms with Crippen molar-refractivity contribution in [3.05, 3.63) is 57.3 Å². The van der Waals surface area contributed by atoms with Crippen molar-refractivity contribution >= 4 is 21.9 Å². The van der Waals surface area contributed by atoms with Gasteiger partial charge in [0.25, 0.3) is 0 Å². The summed E-state index contributed by atoms with van der Waals surface area (Å²) < 4.78 is 14.8. The van der Waals surface area contributed by atoms with Gasteiger partial charge in [-0.05, 0) is 48.7 Å². The van der Waals surface area contributed by atoms with Crippen LogP contribution in [-0.2, 0) is 0 Å². The highest BCUT2D eigenvalue weighted by Gasteiger charge is 2.17. The van der Waals surface area contributed by atoms with Crippen molar-refractivity contribution in [1.29, 1.82) is 0 Å². The zero-order valence-electron chi connectivity index (χ0n) is 10.5. The van der Waals surface area contributed by atoms with Crippen molar-refractivity contribution in [1.82, 2.24) is 0 Å². The molecule has 0 aliphatic carbocycles. The molecule has 0 amide bonds. The van der Waals surface area contributed by atoms with E-state index in [-0.39, 0.29) is 5.56 Å². The Morgan fingerprint density at radius 3 is 2.47 bits per heavy atom. The van der Waals surface area contributed by atoms with Gasteiger partial charge in [0, 0.05) is 10.0 Å². The van der Waals surface area contributed by atoms with E-state index in [1.807, 2.05) is 6.07 Å². The maximum Gasteiger partial charge on any atom is 0.336 e. The van der Waals surface area contributed by atoms with Crippen LogP contribution < -0.4 is 0 Å². The molecule has 0 atom stereocenters. The second-order valence-corrected chi connectivity index (χ2v) is 5.35. The summed E-state index contributed by atoms with van der Waals surface area (Å²) in [6.07, 6.45) is 0. The van der Waals surface area contributed by atoms with Crippen LogP contribution in [0.3, 0.4) is 0 Å². The van der Waals surface area contributed by atoms with Gasteiger partial charge in [-0.15, -0.1) is 0 Å². The number of carboxylic acid groups (broad SMARTS) is 1. The predicted octanol–water partition coefficient (Wildman–Crippen LogP) is 4.57. The molecule has 2 aromatic rings. The summed E-state index contributed by atoms with van der Waals surface area (Å²) in [6, 6.07) is 8.06. The van der Waals surface area contributed by atoms with Gasteiger partial charge in [-0.1, -0.05) is 28.1 Å². The molecule has 0 saturated heterocycles. The molecule has 0 radical (unpaired) electrons. The van der Waals surface area contributed by atoms with Crippen LogP contribution in [0, 0.1) is 19.7 Å². The zero-order valence-corrected chi connectivity index (χ0v) is 12.1. The first-order valence-corrected chi connectivity index (χ1v) is 6.49. The van der Waals surface area contributed by atoms with E-state index in [1.165, 1.54) is 12.1 Å². The third kappa shape index (κ3) is 2.68. The molecular formula is C15H12BrFO2. The minimum Gasteiger partial charge on any atom is -0.478 e. The normalized spacial score (nSPS) is 10.5. The molecule has 0 aliphatic rings. The van der Waals surface area contributed by atoms with Gasteiger partial charge in [-0.3, -0.25) is 0 Å². The number of carboxylic acids is 1. The van der Waals surface area contributed by atoms with Crippen molar-refractivity contribution in [2.75, 3.05) is 0 Å². The third-order valence-electron chi connectivity index (χ3n) is 2.91. The Morgan fingerprint density at radius 1 is 1.21 bits per heavy atom. The molecule has 98 valence electrons. The van der Waals surface area contributed by atoms with Gasteiger partial charge in [-0.2, -0.15) is 0 Å². The van der Waals surface area contributed by atoms with E-state index in [9.17, 15) is 14.3 Å². The van der Waals surface area contributed by atoms with Crippen molar-refractivity contribution in [2.45, 2.75) is 13.8 Å². The summed E-state index contributed by atoms with van der Waals surface area (Å²) in [7, 11) is 0. The lowest BCUT2D eigenvalue weighted by Gasteiger charge is -2.12. The number of aromatic carboxylic acids is 1. The van der Waals surface area contributed by atoms with Crippen LogP contribution in [-0.4, -0.2) is 11.1 Å². The molecule has 0 unspecified atom stereocenters. The first-order valence-electron chi connectivity index (χ1n) is 5.70. The first-order chi connectivity index (χ1) is 8.90. The molecule has 2 rings (SSSR count). The summed E-state index contributed by atoms with van der Waals surface area (Å²) in [4.78, 5) is 11.3. The average molecular weight is 323 g/mol. The van der Waals surface area contributed by atoms with Gasteiger partial charge < -0.3 is 5.11 Å². The summed E-state index contributed by atoms with van der Waals surface area (Å²) in [5, 5.41) is 9.24. The van der Waals surface area contributed by atoms with E-state index in [4.69, 9.17) is 0 Å². The molecular weight excluding hydrogens is 311 g/mol. The Balaban J connectivity index is 2.76. The minimum absolute atomic E-state index is 0.0835. The smallest absolute Gasteiger partial charge is 0.336 e. The molecule has 0 saturated carbocycles. The molecule has 0 aromatic heterocycles. The summed E-state index contributed by atoms with van der Waals surface area (Å²) in [5.74, 6) is -1.47. The SMILES string of the molecule is Cc1cc(C)c(-c2ccc(Br)cc2C(=O)O)c(F)c1. The van der Waals surface area contributed by atoms with Gasteiger partial charge >= 0.3 is 5.97 Å². The lowest BCUT2D eigenvalue weighted by Crippen LogP contribution is -2.02. The monoisotopic (exact) mass is 322 g/mol. The summed E-state index contributed by atoms with van der Waals surface area (Å²) >= 11 is 3.23. The Kier molecular flexibility index (Phi) is 3.71. The lowest BCUT2D eigenvalue weighted by molar-refractivity contribution is 0.0697. The second kappa shape index (κ2) is 5.13. The van der Waals surface area contributed by atoms with Crippen LogP contribution in [0.5, 0.6) is 0 Å². The first kappa shape index (κ1) is 13.7. The van der Waals surface area contributed by atoms with Crippen LogP contribution in [0.2, 0.25) is 0 Å². The van der Waals surface area contributed by atoms with E-state index in [0.717, 1.165) is 11.1 Å². The van der Waals surface area contributed by atoms with Crippen molar-refractivity contribution in [2.24, 2.45) is 0 Å². The summed E-state index contributed by atoms with van der Waals surface area (Å²) in [5.41, 5.74) is 2.36. The molecule has 0 spiro atoms. The minimum atomic E-state index is -1.07. The highest BCUT2D eigenvalue weighted by Crippen LogP contribution is 2.32. The van der Waals surface area contributed by atoms with Crippen molar-refractivity contribution in [3.8, 4) is 11.1 Å². The van der Waals surface area contributed by atoms with E-state index in [1.54, 1.807) is 26.0 Å². The molecule has 0 aliphatic heterocycles. The Hall–Kier alpha value is -1.68. The van der Waals surface area contributed by atoms with Crippen LogP contribution in [0.4, 0.5) is 4.39 Å². The third-order valence-corrected chi connectivity index (χ3v) is 3.41. The fourth-order valence-electron chi connectivity index (χ4n) is 2.17. The molecule has 0 bridgehead atoms. The molecule has 0 heterocycles. The van der Waals surface area contributed by atoms with Crippen LogP contribution in [0.25, 0.3) is 11.1 Å². The molecule has 4 heteroatoms. The van der Waals surface area contributed by atoms with Gasteiger partial charge in [0.05, 0.1) is 5.56 Å². The predicted molar refractivity (Wildman–Crippen MR) is 76.0 cm³/mol. The number of hydrogen-bond acceptors (Lipinski definition) is 1. The zero-order chi connectivity index (χ0) is 14.2. The number of hydrogen-bond donors (Lipinski definition) is 1. The second-order valence-electron chi connectivity index (χ2n) is 4.43. The number of rotatable bonds is 2. The topological polar surface area (TPSA) is 37.3 Å². The van der Waals surface area contributed by atoms with Crippen LogP contribution in [0.1, 0.15) is 21.5 Å². The fourth-order valence-corrected chi connectivity index (χ4v) is 2.53. The fraction of sp³-hybridized carbons (Fsp3) is 0.133. The largest absolute Gasteiger partial charge is 0.478 e. The van der Waals surface area contributed by atoms with Crippen LogP contribution in [0.15, 0.2) is 34.8 Å². The highest BCUT2D eigenvalue weighted by atomic mass is 79.9. The summed E-state index contributed by atoms with van der Waals surface area (Å²) in [6.45, 7) is 3.58. The highest BCUT2D eigenvalue weighted by molar-refractivity contribution is 9.10. The molecule has 2 nitrogen and oxygen atoms in total. The maximum atomic E-state index is 14.1. The van der Waals surface area contributed by atoms with Gasteiger partial charge in [0.15, 0.2) is 0 Å². The Morgan fingerprint density at radius 2 is 1.89 bits per heavy atom. The van der Waals surface area contributed by atoms with Crippen molar-refractivity contribution in [3.63, 3.8) is 0 Å². The Bertz CT molecular complexity index is 642. The van der Waals surface area contributed by atoms with Crippen molar-refractivity contribution < 1.29 is 14.3 Å². The number of aryl methyl sites for hydroxylation is 2. The van der Waals surface area contributed by atoms with E-state index < -0.39 is 11.8 Å². The van der Waals surface area contributed by atoms with E-state index in [0.29, 0.717) is 15.6 Å². The van der Waals surface area contributed by atoms with Gasteiger partial charge in [-0.25, -0.2) is 9.18 Å². The standard InChI is InChI=1S/C15H12BrFO2/c1-8-5-9(2)14(13(17)6-8)11-4-3-10(16)7-12(11)15(18)19/h3-7H,1-2H3,(H,18,19). The lowest BCUT2D eigenvalue weighted by atomic mass is 9.94. The van der Waals surface area contributed by atoms with Crippen LogP contribution >= 0.6 is 15.9 Å². The van der Waals surface area contributed by atoms with Gasteiger partial charge in [0.2, 0.25) is 0 Å². The Labute approximate surface area is 119 Å². The number of halogens is 2. The molecule has 19 heavy (non-hydrogen) atoms. The number of benzene rings is 2. The quantitative estimate of drug-likeness (QED) is 0.879. The number of carbonyl (C=O) groups is 1. The average Bonchev–Trinajstić information content (AvgIpc) is 2.29. The van der Waals surface area contributed by atoms with Gasteiger partial charge in [0.1, 0.15) is 5.82 Å². The molecule has 0 fully saturated rings. The molecule has 1 N–H and O–H groups in total. The van der Waals surface area contributed by atoms with E-state index >= 15 is 0 Å². The molecule has 2 aromatic carbocycles. The van der Waals surface area contributed by atoms with E-state index in [2.05, 4.69) is 15.9 Å².